The zero-order valence-corrected chi connectivity index (χ0v) is 10.3. The molecule has 0 spiro atoms. The Morgan fingerprint density at radius 3 is 3.06 bits per heavy atom. The maximum Gasteiger partial charge on any atom is 0.0537 e. The van der Waals surface area contributed by atoms with Crippen molar-refractivity contribution in [1.82, 2.24) is 20.4 Å². The molecule has 1 saturated heterocycles. The Hall–Kier alpha value is -0.870. The number of piperidine rings is 1. The van der Waals surface area contributed by atoms with Crippen LogP contribution in [0.25, 0.3) is 0 Å². The minimum Gasteiger partial charge on any atom is -0.313 e. The number of rotatable bonds is 4. The quantitative estimate of drug-likeness (QED) is 0.797. The van der Waals surface area contributed by atoms with Gasteiger partial charge in [0.05, 0.1) is 6.20 Å². The molecule has 0 aliphatic carbocycles. The van der Waals surface area contributed by atoms with E-state index in [9.17, 15) is 0 Å². The summed E-state index contributed by atoms with van der Waals surface area (Å²) in [4.78, 5) is 0. The van der Waals surface area contributed by atoms with Gasteiger partial charge in [0, 0.05) is 37.4 Å². The fourth-order valence-corrected chi connectivity index (χ4v) is 2.20. The van der Waals surface area contributed by atoms with E-state index in [2.05, 4.69) is 22.7 Å². The normalized spacial score (nSPS) is 21.2. The maximum atomic E-state index is 4.24. The van der Waals surface area contributed by atoms with Crippen LogP contribution in [0.2, 0.25) is 0 Å². The Morgan fingerprint density at radius 2 is 2.44 bits per heavy atom. The molecular formula is C12H22N4. The Bertz CT molecular complexity index is 326. The first-order valence-electron chi connectivity index (χ1n) is 6.19. The molecule has 1 atom stereocenters. The van der Waals surface area contributed by atoms with Crippen LogP contribution in [-0.4, -0.2) is 28.9 Å². The van der Waals surface area contributed by atoms with Gasteiger partial charge in [-0.2, -0.15) is 5.10 Å². The van der Waals surface area contributed by atoms with E-state index < -0.39 is 0 Å². The van der Waals surface area contributed by atoms with E-state index >= 15 is 0 Å². The summed E-state index contributed by atoms with van der Waals surface area (Å²) in [6.45, 7) is 5.29. The first-order chi connectivity index (χ1) is 7.77. The van der Waals surface area contributed by atoms with Gasteiger partial charge in [-0.1, -0.05) is 6.42 Å². The summed E-state index contributed by atoms with van der Waals surface area (Å²) in [5.74, 6) is 0. The molecule has 0 radical (unpaired) electrons. The SMILES string of the molecule is Cc1c(CNCC2CCCCN2)cnn1C. The highest BCUT2D eigenvalue weighted by Gasteiger charge is 2.11. The number of aryl methyl sites for hydroxylation is 1. The molecule has 1 fully saturated rings. The zero-order chi connectivity index (χ0) is 11.4. The minimum absolute atomic E-state index is 0.658. The molecule has 1 aromatic heterocycles. The van der Waals surface area contributed by atoms with E-state index in [-0.39, 0.29) is 0 Å². The lowest BCUT2D eigenvalue weighted by Gasteiger charge is -2.23. The molecule has 0 aromatic carbocycles. The van der Waals surface area contributed by atoms with Crippen LogP contribution in [0.1, 0.15) is 30.5 Å². The van der Waals surface area contributed by atoms with Crippen LogP contribution < -0.4 is 10.6 Å². The first kappa shape index (κ1) is 11.6. The fourth-order valence-electron chi connectivity index (χ4n) is 2.20. The molecule has 4 heteroatoms. The maximum absolute atomic E-state index is 4.24. The fraction of sp³-hybridized carbons (Fsp3) is 0.750. The molecule has 2 heterocycles. The summed E-state index contributed by atoms with van der Waals surface area (Å²) in [5, 5.41) is 11.3. The summed E-state index contributed by atoms with van der Waals surface area (Å²) < 4.78 is 1.93. The van der Waals surface area contributed by atoms with Crippen LogP contribution in [0.3, 0.4) is 0 Å². The van der Waals surface area contributed by atoms with Crippen LogP contribution in [0, 0.1) is 6.92 Å². The second-order valence-electron chi connectivity index (χ2n) is 4.66. The van der Waals surface area contributed by atoms with Gasteiger partial charge in [-0.3, -0.25) is 4.68 Å². The summed E-state index contributed by atoms with van der Waals surface area (Å²) in [6.07, 6.45) is 5.96. The van der Waals surface area contributed by atoms with E-state index in [0.717, 1.165) is 13.1 Å². The second-order valence-corrected chi connectivity index (χ2v) is 4.66. The van der Waals surface area contributed by atoms with E-state index in [0.29, 0.717) is 6.04 Å². The molecule has 2 rings (SSSR count). The Balaban J connectivity index is 1.73. The van der Waals surface area contributed by atoms with Gasteiger partial charge in [0.1, 0.15) is 0 Å². The molecule has 0 bridgehead atoms. The van der Waals surface area contributed by atoms with Gasteiger partial charge in [-0.05, 0) is 26.3 Å². The average molecular weight is 222 g/mol. The van der Waals surface area contributed by atoms with E-state index in [1.807, 2.05) is 17.9 Å². The minimum atomic E-state index is 0.658. The van der Waals surface area contributed by atoms with Gasteiger partial charge in [0.2, 0.25) is 0 Å². The Morgan fingerprint density at radius 1 is 1.56 bits per heavy atom. The topological polar surface area (TPSA) is 41.9 Å². The molecule has 1 aromatic rings. The van der Waals surface area contributed by atoms with Crippen LogP contribution in [0.4, 0.5) is 0 Å². The lowest BCUT2D eigenvalue weighted by molar-refractivity contribution is 0.383. The third kappa shape index (κ3) is 2.83. The van der Waals surface area contributed by atoms with Crippen LogP contribution >= 0.6 is 0 Å². The largest absolute Gasteiger partial charge is 0.313 e. The smallest absolute Gasteiger partial charge is 0.0537 e. The molecule has 0 amide bonds. The summed E-state index contributed by atoms with van der Waals surface area (Å²) in [5.41, 5.74) is 2.56. The molecule has 4 nitrogen and oxygen atoms in total. The molecule has 1 aliphatic rings. The van der Waals surface area contributed by atoms with E-state index in [1.165, 1.54) is 37.1 Å². The van der Waals surface area contributed by atoms with Gasteiger partial charge < -0.3 is 10.6 Å². The van der Waals surface area contributed by atoms with Gasteiger partial charge in [-0.15, -0.1) is 0 Å². The van der Waals surface area contributed by atoms with Crippen LogP contribution in [0.15, 0.2) is 6.20 Å². The van der Waals surface area contributed by atoms with Crippen molar-refractivity contribution >= 4 is 0 Å². The third-order valence-corrected chi connectivity index (χ3v) is 3.46. The van der Waals surface area contributed by atoms with E-state index in [4.69, 9.17) is 0 Å². The predicted molar refractivity (Wildman–Crippen MR) is 65.3 cm³/mol. The number of aromatic nitrogens is 2. The molecule has 2 N–H and O–H groups in total. The average Bonchev–Trinajstić information content (AvgIpc) is 2.62. The van der Waals surface area contributed by atoms with Crippen molar-refractivity contribution in [2.75, 3.05) is 13.1 Å². The van der Waals surface area contributed by atoms with Crippen molar-refractivity contribution in [1.29, 1.82) is 0 Å². The second kappa shape index (κ2) is 5.46. The van der Waals surface area contributed by atoms with Gasteiger partial charge in [0.15, 0.2) is 0 Å². The summed E-state index contributed by atoms with van der Waals surface area (Å²) in [7, 11) is 1.99. The number of hydrogen-bond acceptors (Lipinski definition) is 3. The summed E-state index contributed by atoms with van der Waals surface area (Å²) in [6, 6.07) is 0.658. The zero-order valence-electron chi connectivity index (χ0n) is 10.3. The monoisotopic (exact) mass is 222 g/mol. The standard InChI is InChI=1S/C12H22N4/c1-10-11(8-15-16(10)2)7-13-9-12-5-3-4-6-14-12/h8,12-14H,3-7,9H2,1-2H3. The van der Waals surface area contributed by atoms with Crippen LogP contribution in [-0.2, 0) is 13.6 Å². The first-order valence-corrected chi connectivity index (χ1v) is 6.19. The van der Waals surface area contributed by atoms with Crippen molar-refractivity contribution < 1.29 is 0 Å². The van der Waals surface area contributed by atoms with Gasteiger partial charge >= 0.3 is 0 Å². The summed E-state index contributed by atoms with van der Waals surface area (Å²) >= 11 is 0. The van der Waals surface area contributed by atoms with Crippen molar-refractivity contribution in [2.24, 2.45) is 7.05 Å². The Labute approximate surface area is 97.4 Å². The lowest BCUT2D eigenvalue weighted by atomic mass is 10.1. The van der Waals surface area contributed by atoms with Crippen molar-refractivity contribution in [3.63, 3.8) is 0 Å². The highest BCUT2D eigenvalue weighted by molar-refractivity contribution is 5.15. The molecule has 0 saturated carbocycles. The number of hydrogen-bond donors (Lipinski definition) is 2. The molecule has 16 heavy (non-hydrogen) atoms. The highest BCUT2D eigenvalue weighted by atomic mass is 15.3. The number of nitrogens with one attached hydrogen (secondary N) is 2. The molecule has 90 valence electrons. The molecule has 1 aliphatic heterocycles. The van der Waals surface area contributed by atoms with Gasteiger partial charge in [-0.25, -0.2) is 0 Å². The van der Waals surface area contributed by atoms with Crippen molar-refractivity contribution in [3.05, 3.63) is 17.5 Å². The predicted octanol–water partition coefficient (Wildman–Crippen LogP) is 0.960. The van der Waals surface area contributed by atoms with Crippen LogP contribution in [0.5, 0.6) is 0 Å². The van der Waals surface area contributed by atoms with Crippen molar-refractivity contribution in [2.45, 2.75) is 38.8 Å². The van der Waals surface area contributed by atoms with Gasteiger partial charge in [0.25, 0.3) is 0 Å². The van der Waals surface area contributed by atoms with E-state index in [1.54, 1.807) is 0 Å². The highest BCUT2D eigenvalue weighted by Crippen LogP contribution is 2.07. The van der Waals surface area contributed by atoms with Crippen molar-refractivity contribution in [3.8, 4) is 0 Å². The lowest BCUT2D eigenvalue weighted by Crippen LogP contribution is -2.41. The molecule has 1 unspecified atom stereocenters. The molecular weight excluding hydrogens is 200 g/mol. The number of nitrogens with zero attached hydrogens (tertiary/aromatic N) is 2. The third-order valence-electron chi connectivity index (χ3n) is 3.46. The Kier molecular flexibility index (Phi) is 3.96.